The van der Waals surface area contributed by atoms with Crippen LogP contribution in [0.5, 0.6) is 5.75 Å². The fourth-order valence-electron chi connectivity index (χ4n) is 2.62. The van der Waals surface area contributed by atoms with Crippen LogP contribution in [0.3, 0.4) is 0 Å². The number of carbonyl (C=O) groups is 3. The summed E-state index contributed by atoms with van der Waals surface area (Å²) in [5.41, 5.74) is 0.771. The van der Waals surface area contributed by atoms with Gasteiger partial charge in [0.05, 0.1) is 13.0 Å². The van der Waals surface area contributed by atoms with Crippen LogP contribution in [-0.2, 0) is 14.3 Å². The Morgan fingerprint density at radius 3 is 2.21 bits per heavy atom. The molecule has 0 aliphatic heterocycles. The number of urea groups is 1. The molecule has 0 aliphatic carbocycles. The topological polar surface area (TPSA) is 93.7 Å². The van der Waals surface area contributed by atoms with Crippen molar-refractivity contribution in [3.05, 3.63) is 42.0 Å². The molecule has 0 bridgehead atoms. The molecule has 150 valence electrons. The third-order valence-corrected chi connectivity index (χ3v) is 4.24. The van der Waals surface area contributed by atoms with Gasteiger partial charge in [0.25, 0.3) is 5.91 Å². The van der Waals surface area contributed by atoms with Crippen molar-refractivity contribution in [2.45, 2.75) is 45.8 Å². The van der Waals surface area contributed by atoms with Crippen molar-refractivity contribution < 1.29 is 23.9 Å². The molecule has 0 radical (unpaired) electrons. The number of hydrogen-bond donors (Lipinski definition) is 2. The van der Waals surface area contributed by atoms with Gasteiger partial charge in [0, 0.05) is 6.04 Å². The van der Waals surface area contributed by atoms with Gasteiger partial charge in [-0.2, -0.15) is 0 Å². The molecular weight excluding hydrogens is 360 g/mol. The van der Waals surface area contributed by atoms with Gasteiger partial charge in [0.1, 0.15) is 5.75 Å². The Morgan fingerprint density at radius 2 is 1.57 bits per heavy atom. The zero-order chi connectivity index (χ0) is 20.8. The van der Waals surface area contributed by atoms with Crippen molar-refractivity contribution in [1.29, 1.82) is 0 Å². The van der Waals surface area contributed by atoms with E-state index in [1.54, 1.807) is 27.9 Å². The minimum atomic E-state index is -1.09. The number of amides is 3. The second-order valence-electron chi connectivity index (χ2n) is 6.89. The molecule has 28 heavy (non-hydrogen) atoms. The molecule has 0 aromatic heterocycles. The second kappa shape index (κ2) is 9.21. The van der Waals surface area contributed by atoms with Crippen LogP contribution in [0.2, 0.25) is 0 Å². The summed E-state index contributed by atoms with van der Waals surface area (Å²) in [6.45, 7) is 6.68. The smallest absolute Gasteiger partial charge is 0.321 e. The summed E-state index contributed by atoms with van der Waals surface area (Å²) in [6, 6.07) is 10.6. The minimum absolute atomic E-state index is 0.112. The summed E-state index contributed by atoms with van der Waals surface area (Å²) < 4.78 is 10.4. The van der Waals surface area contributed by atoms with Crippen LogP contribution in [0, 0.1) is 0 Å². The van der Waals surface area contributed by atoms with Gasteiger partial charge < -0.3 is 14.8 Å². The predicted molar refractivity (Wildman–Crippen MR) is 106 cm³/mol. The Bertz CT molecular complexity index is 878. The van der Waals surface area contributed by atoms with Gasteiger partial charge in [-0.3, -0.25) is 14.9 Å². The van der Waals surface area contributed by atoms with E-state index < -0.39 is 29.9 Å². The highest BCUT2D eigenvalue weighted by molar-refractivity contribution is 5.97. The number of fused-ring (bicyclic) bond motifs is 1. The first-order chi connectivity index (χ1) is 13.2. The van der Waals surface area contributed by atoms with Crippen LogP contribution in [-0.4, -0.2) is 37.2 Å². The van der Waals surface area contributed by atoms with E-state index in [-0.39, 0.29) is 6.04 Å². The molecule has 0 heterocycles. The average molecular weight is 386 g/mol. The van der Waals surface area contributed by atoms with Crippen molar-refractivity contribution in [2.75, 3.05) is 7.11 Å². The van der Waals surface area contributed by atoms with E-state index in [0.29, 0.717) is 0 Å². The maximum absolute atomic E-state index is 12.4. The lowest BCUT2D eigenvalue weighted by molar-refractivity contribution is -0.155. The molecule has 3 amide bonds. The lowest BCUT2D eigenvalue weighted by atomic mass is 9.98. The van der Waals surface area contributed by atoms with Gasteiger partial charge in [0.15, 0.2) is 6.10 Å². The number of esters is 1. The first-order valence-corrected chi connectivity index (χ1v) is 9.10. The maximum atomic E-state index is 12.4. The normalized spacial score (nSPS) is 12.9. The van der Waals surface area contributed by atoms with E-state index in [1.807, 2.05) is 36.4 Å². The minimum Gasteiger partial charge on any atom is -0.497 e. The summed E-state index contributed by atoms with van der Waals surface area (Å²) in [4.78, 5) is 36.0. The van der Waals surface area contributed by atoms with Crippen LogP contribution in [0.25, 0.3) is 10.8 Å². The molecule has 0 saturated heterocycles. The molecule has 2 aromatic rings. The first-order valence-electron chi connectivity index (χ1n) is 9.10. The fourth-order valence-corrected chi connectivity index (χ4v) is 2.62. The Hall–Kier alpha value is -3.09. The van der Waals surface area contributed by atoms with Crippen LogP contribution in [0.4, 0.5) is 4.79 Å². The Kier molecular flexibility index (Phi) is 6.98. The van der Waals surface area contributed by atoms with Crippen molar-refractivity contribution in [3.8, 4) is 5.75 Å². The number of carbonyl (C=O) groups excluding carboxylic acids is 3. The van der Waals surface area contributed by atoms with Crippen molar-refractivity contribution >= 4 is 28.7 Å². The van der Waals surface area contributed by atoms with Gasteiger partial charge in [-0.15, -0.1) is 0 Å². The fraction of sp³-hybridized carbons (Fsp3) is 0.381. The molecule has 0 saturated carbocycles. The number of rotatable bonds is 6. The van der Waals surface area contributed by atoms with Gasteiger partial charge in [-0.25, -0.2) is 4.79 Å². The molecule has 7 nitrogen and oxygen atoms in total. The summed E-state index contributed by atoms with van der Waals surface area (Å²) in [5.74, 6) is -1.02. The van der Waals surface area contributed by atoms with Crippen LogP contribution in [0.15, 0.2) is 36.4 Å². The maximum Gasteiger partial charge on any atom is 0.321 e. The lowest BCUT2D eigenvalue weighted by Crippen LogP contribution is -2.46. The van der Waals surface area contributed by atoms with Crippen molar-refractivity contribution in [2.24, 2.45) is 0 Å². The molecule has 2 N–H and O–H groups in total. The Morgan fingerprint density at radius 1 is 0.929 bits per heavy atom. The molecule has 0 aliphatic rings. The monoisotopic (exact) mass is 386 g/mol. The highest BCUT2D eigenvalue weighted by Crippen LogP contribution is 2.26. The summed E-state index contributed by atoms with van der Waals surface area (Å²) >= 11 is 0. The number of hydrogen-bond acceptors (Lipinski definition) is 5. The molecule has 0 spiro atoms. The van der Waals surface area contributed by atoms with Gasteiger partial charge in [0.2, 0.25) is 0 Å². The first kappa shape index (κ1) is 21.2. The van der Waals surface area contributed by atoms with E-state index in [2.05, 4.69) is 10.6 Å². The largest absolute Gasteiger partial charge is 0.497 e. The molecule has 0 unspecified atom stereocenters. The van der Waals surface area contributed by atoms with E-state index in [1.165, 1.54) is 6.92 Å². The third-order valence-electron chi connectivity index (χ3n) is 4.24. The molecule has 2 aromatic carbocycles. The van der Waals surface area contributed by atoms with Gasteiger partial charge in [-0.1, -0.05) is 24.3 Å². The summed E-state index contributed by atoms with van der Waals surface area (Å²) in [6.07, 6.45) is -1.09. The van der Waals surface area contributed by atoms with E-state index in [0.717, 1.165) is 22.1 Å². The zero-order valence-corrected chi connectivity index (χ0v) is 16.7. The average Bonchev–Trinajstić information content (AvgIpc) is 2.65. The van der Waals surface area contributed by atoms with E-state index in [9.17, 15) is 14.4 Å². The molecular formula is C21H26N2O5. The van der Waals surface area contributed by atoms with Gasteiger partial charge in [-0.05, 0) is 56.2 Å². The highest BCUT2D eigenvalue weighted by Gasteiger charge is 2.24. The second-order valence-corrected chi connectivity index (χ2v) is 6.89. The summed E-state index contributed by atoms with van der Waals surface area (Å²) in [5, 5.41) is 6.65. The number of benzene rings is 2. The number of ether oxygens (including phenoxy) is 2. The SMILES string of the molecule is COc1ccc2cc([C@H](C)C(=O)O[C@@H](C)C(=O)NC(=O)NC(C)C)ccc2c1. The van der Waals surface area contributed by atoms with E-state index >= 15 is 0 Å². The van der Waals surface area contributed by atoms with Crippen LogP contribution in [0.1, 0.15) is 39.2 Å². The number of methoxy groups -OCH3 is 1. The van der Waals surface area contributed by atoms with Crippen LogP contribution < -0.4 is 15.4 Å². The standard InChI is InChI=1S/C21H26N2O5/c1-12(2)22-21(26)23-19(24)14(4)28-20(25)13(3)15-6-7-17-11-18(27-5)9-8-16(17)10-15/h6-14H,1-5H3,(H2,22,23,24,26)/t13-,14-/m0/s1. The number of imide groups is 1. The van der Waals surface area contributed by atoms with Gasteiger partial charge >= 0.3 is 12.0 Å². The Balaban J connectivity index is 2.02. The Labute approximate surface area is 164 Å². The van der Waals surface area contributed by atoms with E-state index in [4.69, 9.17) is 9.47 Å². The lowest BCUT2D eigenvalue weighted by Gasteiger charge is -2.17. The van der Waals surface area contributed by atoms with Crippen molar-refractivity contribution in [3.63, 3.8) is 0 Å². The quantitative estimate of drug-likeness (QED) is 0.744. The van der Waals surface area contributed by atoms with Crippen molar-refractivity contribution in [1.82, 2.24) is 10.6 Å². The molecule has 0 fully saturated rings. The molecule has 7 heteroatoms. The highest BCUT2D eigenvalue weighted by atomic mass is 16.5. The molecule has 2 atom stereocenters. The molecule has 2 rings (SSSR count). The third kappa shape index (κ3) is 5.45. The zero-order valence-electron chi connectivity index (χ0n) is 16.7. The predicted octanol–water partition coefficient (Wildman–Crippen LogP) is 3.12. The summed E-state index contributed by atoms with van der Waals surface area (Å²) in [7, 11) is 1.61. The number of nitrogens with one attached hydrogen (secondary N) is 2. The van der Waals surface area contributed by atoms with Crippen LogP contribution >= 0.6 is 0 Å².